The normalized spacial score (nSPS) is 11.1. The van der Waals surface area contributed by atoms with Crippen LogP contribution in [0.25, 0.3) is 16.7 Å². The van der Waals surface area contributed by atoms with Gasteiger partial charge in [-0.25, -0.2) is 18.4 Å². The third kappa shape index (κ3) is 2.80. The molecule has 4 rings (SSSR count). The molecule has 124 valence electrons. The molecule has 0 atom stereocenters. The summed E-state index contributed by atoms with van der Waals surface area (Å²) in [6.07, 6.45) is 4.51. The van der Waals surface area contributed by atoms with Crippen molar-refractivity contribution in [2.75, 3.05) is 0 Å². The highest BCUT2D eigenvalue weighted by Crippen LogP contribution is 2.16. The Morgan fingerprint density at radius 1 is 1.00 bits per heavy atom. The molecule has 0 aliphatic heterocycles. The van der Waals surface area contributed by atoms with Crippen LogP contribution in [0.15, 0.2) is 65.8 Å². The summed E-state index contributed by atoms with van der Waals surface area (Å²) < 4.78 is 30.0. The molecule has 0 bridgehead atoms. The lowest BCUT2D eigenvalue weighted by Crippen LogP contribution is -2.21. The Morgan fingerprint density at radius 2 is 1.76 bits per heavy atom. The quantitative estimate of drug-likeness (QED) is 0.577. The first-order valence-corrected chi connectivity index (χ1v) is 7.55. The highest BCUT2D eigenvalue weighted by atomic mass is 19.2. The largest absolute Gasteiger partial charge is 0.301 e. The van der Waals surface area contributed by atoms with Crippen LogP contribution in [-0.4, -0.2) is 19.3 Å². The van der Waals surface area contributed by atoms with E-state index >= 15 is 0 Å². The number of fused-ring (bicyclic) bond motifs is 1. The van der Waals surface area contributed by atoms with Gasteiger partial charge in [-0.05, 0) is 12.1 Å². The zero-order chi connectivity index (χ0) is 17.4. The van der Waals surface area contributed by atoms with Gasteiger partial charge in [-0.2, -0.15) is 5.10 Å². The highest BCUT2D eigenvalue weighted by Gasteiger charge is 2.11. The second-order valence-electron chi connectivity index (χ2n) is 5.57. The van der Waals surface area contributed by atoms with Crippen molar-refractivity contribution >= 4 is 11.0 Å². The summed E-state index contributed by atoms with van der Waals surface area (Å²) >= 11 is 0. The number of nitrogens with zero attached hydrogens (tertiary/aromatic N) is 4. The van der Waals surface area contributed by atoms with Crippen LogP contribution in [-0.2, 0) is 6.54 Å². The number of hydrogen-bond donors (Lipinski definition) is 0. The number of rotatable bonds is 3. The molecule has 0 aliphatic carbocycles. The minimum Gasteiger partial charge on any atom is -0.301 e. The fraction of sp³-hybridized carbons (Fsp3) is 0.0556. The van der Waals surface area contributed by atoms with Crippen molar-refractivity contribution in [3.8, 4) is 5.69 Å². The van der Waals surface area contributed by atoms with E-state index in [4.69, 9.17) is 0 Å². The van der Waals surface area contributed by atoms with Crippen LogP contribution in [0.2, 0.25) is 0 Å². The van der Waals surface area contributed by atoms with E-state index in [9.17, 15) is 13.6 Å². The molecule has 0 amide bonds. The fourth-order valence-electron chi connectivity index (χ4n) is 2.67. The second-order valence-corrected chi connectivity index (χ2v) is 5.57. The molecule has 0 aliphatic rings. The summed E-state index contributed by atoms with van der Waals surface area (Å²) in [5.74, 6) is -2.02. The van der Waals surface area contributed by atoms with E-state index in [1.165, 1.54) is 4.57 Å². The maximum Gasteiger partial charge on any atom is 0.269 e. The molecule has 4 aromatic rings. The Kier molecular flexibility index (Phi) is 3.61. The van der Waals surface area contributed by atoms with Gasteiger partial charge in [-0.3, -0.25) is 4.79 Å². The second kappa shape index (κ2) is 5.94. The Labute approximate surface area is 140 Å². The van der Waals surface area contributed by atoms with E-state index in [0.29, 0.717) is 0 Å². The summed E-state index contributed by atoms with van der Waals surface area (Å²) in [7, 11) is 0. The molecule has 2 aromatic carbocycles. The van der Waals surface area contributed by atoms with Crippen LogP contribution in [0.5, 0.6) is 0 Å². The fourth-order valence-corrected chi connectivity index (χ4v) is 2.67. The topological polar surface area (TPSA) is 52.7 Å². The molecule has 0 spiro atoms. The van der Waals surface area contributed by atoms with E-state index < -0.39 is 17.2 Å². The smallest absolute Gasteiger partial charge is 0.269 e. The van der Waals surface area contributed by atoms with Gasteiger partial charge in [0.1, 0.15) is 0 Å². The van der Waals surface area contributed by atoms with Gasteiger partial charge in [-0.15, -0.1) is 0 Å². The van der Waals surface area contributed by atoms with Gasteiger partial charge in [0.25, 0.3) is 5.56 Å². The SMILES string of the molecule is O=c1cnc2cc(F)c(F)cc2n1Cc1cnn(-c2ccccc2)c1. The third-order valence-corrected chi connectivity index (χ3v) is 3.89. The van der Waals surface area contributed by atoms with E-state index in [0.717, 1.165) is 29.6 Å². The number of para-hydroxylation sites is 1. The third-order valence-electron chi connectivity index (χ3n) is 3.89. The lowest BCUT2D eigenvalue weighted by atomic mass is 10.2. The standard InChI is InChI=1S/C18H12F2N4O/c19-14-6-16-17(7-15(14)20)23(18(25)9-21-16)10-12-8-22-24(11-12)13-4-2-1-3-5-13/h1-9,11H,10H2. The summed E-state index contributed by atoms with van der Waals surface area (Å²) in [5.41, 5.74) is 1.69. The first-order chi connectivity index (χ1) is 12.1. The molecule has 0 N–H and O–H groups in total. The molecule has 0 radical (unpaired) electrons. The first-order valence-electron chi connectivity index (χ1n) is 7.55. The minimum atomic E-state index is -1.02. The lowest BCUT2D eigenvalue weighted by molar-refractivity contribution is 0.509. The molecule has 7 heteroatoms. The van der Waals surface area contributed by atoms with Gasteiger partial charge in [0.2, 0.25) is 0 Å². The van der Waals surface area contributed by atoms with Crippen molar-refractivity contribution in [1.29, 1.82) is 0 Å². The molecule has 0 unspecified atom stereocenters. The van der Waals surface area contributed by atoms with Crippen LogP contribution in [0.1, 0.15) is 5.56 Å². The van der Waals surface area contributed by atoms with Gasteiger partial charge < -0.3 is 4.57 Å². The molecular weight excluding hydrogens is 326 g/mol. The summed E-state index contributed by atoms with van der Waals surface area (Å²) in [6.45, 7) is 0.176. The van der Waals surface area contributed by atoms with Crippen molar-refractivity contribution in [2.45, 2.75) is 6.54 Å². The molecule has 0 saturated heterocycles. The van der Waals surface area contributed by atoms with Crippen LogP contribution in [0.4, 0.5) is 8.78 Å². The monoisotopic (exact) mass is 338 g/mol. The Hall–Kier alpha value is -3.35. The minimum absolute atomic E-state index is 0.176. The lowest BCUT2D eigenvalue weighted by Gasteiger charge is -2.08. The predicted molar refractivity (Wildman–Crippen MR) is 88.6 cm³/mol. The van der Waals surface area contributed by atoms with Gasteiger partial charge >= 0.3 is 0 Å². The Balaban J connectivity index is 1.76. The Morgan fingerprint density at radius 3 is 2.56 bits per heavy atom. The molecule has 2 heterocycles. The molecule has 2 aromatic heterocycles. The van der Waals surface area contributed by atoms with Crippen molar-refractivity contribution in [1.82, 2.24) is 19.3 Å². The highest BCUT2D eigenvalue weighted by molar-refractivity contribution is 5.74. The van der Waals surface area contributed by atoms with Crippen molar-refractivity contribution in [3.63, 3.8) is 0 Å². The van der Waals surface area contributed by atoms with Crippen molar-refractivity contribution < 1.29 is 8.78 Å². The number of benzene rings is 2. The molecule has 0 fully saturated rings. The zero-order valence-corrected chi connectivity index (χ0v) is 12.9. The van der Waals surface area contributed by atoms with Gasteiger partial charge in [-0.1, -0.05) is 18.2 Å². The van der Waals surface area contributed by atoms with Crippen LogP contribution in [0, 0.1) is 11.6 Å². The van der Waals surface area contributed by atoms with Gasteiger partial charge in [0, 0.05) is 23.9 Å². The summed E-state index contributed by atoms with van der Waals surface area (Å²) in [6, 6.07) is 11.5. The first kappa shape index (κ1) is 15.2. The van der Waals surface area contributed by atoms with E-state index in [2.05, 4.69) is 10.1 Å². The summed E-state index contributed by atoms with van der Waals surface area (Å²) in [5, 5.41) is 4.28. The van der Waals surface area contributed by atoms with Crippen LogP contribution < -0.4 is 5.56 Å². The molecule has 25 heavy (non-hydrogen) atoms. The molecule has 5 nitrogen and oxygen atoms in total. The van der Waals surface area contributed by atoms with Crippen LogP contribution >= 0.6 is 0 Å². The Bertz CT molecular complexity index is 1120. The van der Waals surface area contributed by atoms with Gasteiger partial charge in [0.15, 0.2) is 11.6 Å². The predicted octanol–water partition coefficient (Wildman–Crippen LogP) is 2.91. The zero-order valence-electron chi connectivity index (χ0n) is 12.9. The molecule has 0 saturated carbocycles. The van der Waals surface area contributed by atoms with E-state index in [1.807, 2.05) is 30.3 Å². The van der Waals surface area contributed by atoms with Crippen LogP contribution in [0.3, 0.4) is 0 Å². The van der Waals surface area contributed by atoms with Crippen molar-refractivity contribution in [2.24, 2.45) is 0 Å². The number of halogens is 2. The average Bonchev–Trinajstić information content (AvgIpc) is 3.09. The average molecular weight is 338 g/mol. The maximum atomic E-state index is 13.6. The molecular formula is C18H12F2N4O. The summed E-state index contributed by atoms with van der Waals surface area (Å²) in [4.78, 5) is 16.0. The van der Waals surface area contributed by atoms with E-state index in [1.54, 1.807) is 17.1 Å². The number of hydrogen-bond acceptors (Lipinski definition) is 3. The number of aromatic nitrogens is 4. The van der Waals surface area contributed by atoms with Gasteiger partial charge in [0.05, 0.1) is 35.7 Å². The maximum absolute atomic E-state index is 13.6. The van der Waals surface area contributed by atoms with E-state index in [-0.39, 0.29) is 17.6 Å². The van der Waals surface area contributed by atoms with Crippen molar-refractivity contribution in [3.05, 3.63) is 88.6 Å².